The second-order valence-corrected chi connectivity index (χ2v) is 6.66. The summed E-state index contributed by atoms with van der Waals surface area (Å²) in [6.45, 7) is 3.56. The van der Waals surface area contributed by atoms with Crippen LogP contribution in [-0.2, 0) is 13.1 Å². The lowest BCUT2D eigenvalue weighted by Gasteiger charge is -2.17. The molecule has 20 heavy (non-hydrogen) atoms. The summed E-state index contributed by atoms with van der Waals surface area (Å²) in [5.41, 5.74) is 1.94. The van der Waals surface area contributed by atoms with Crippen LogP contribution >= 0.6 is 22.7 Å². The predicted molar refractivity (Wildman–Crippen MR) is 85.6 cm³/mol. The van der Waals surface area contributed by atoms with Gasteiger partial charge in [-0.15, -0.1) is 22.7 Å². The molecule has 1 amide bonds. The van der Waals surface area contributed by atoms with Gasteiger partial charge in [-0.1, -0.05) is 6.07 Å². The highest BCUT2D eigenvalue weighted by Crippen LogP contribution is 2.26. The van der Waals surface area contributed by atoms with Crippen LogP contribution in [0.25, 0.3) is 10.2 Å². The molecule has 0 aliphatic heterocycles. The Morgan fingerprint density at radius 2 is 2.15 bits per heavy atom. The molecule has 0 fully saturated rings. The molecule has 3 aromatic heterocycles. The van der Waals surface area contributed by atoms with Crippen molar-refractivity contribution in [2.45, 2.75) is 20.0 Å². The fourth-order valence-electron chi connectivity index (χ4n) is 2.40. The van der Waals surface area contributed by atoms with Crippen molar-refractivity contribution in [3.63, 3.8) is 0 Å². The maximum atomic E-state index is 12.6. The summed E-state index contributed by atoms with van der Waals surface area (Å²) >= 11 is 3.36. The number of aryl methyl sites for hydroxylation is 1. The van der Waals surface area contributed by atoms with E-state index in [-0.39, 0.29) is 5.91 Å². The number of carbonyl (C=O) groups excluding carboxylic acids is 1. The summed E-state index contributed by atoms with van der Waals surface area (Å²) in [6, 6.07) is 8.17. The molecule has 0 saturated carbocycles. The first-order valence-electron chi connectivity index (χ1n) is 6.55. The van der Waals surface area contributed by atoms with Gasteiger partial charge in [-0.05, 0) is 35.9 Å². The van der Waals surface area contributed by atoms with E-state index >= 15 is 0 Å². The highest BCUT2D eigenvalue weighted by Gasteiger charge is 2.19. The van der Waals surface area contributed by atoms with Gasteiger partial charge in [-0.25, -0.2) is 0 Å². The number of hydrogen-bond donors (Lipinski definition) is 0. The van der Waals surface area contributed by atoms with Crippen LogP contribution in [0.2, 0.25) is 0 Å². The van der Waals surface area contributed by atoms with E-state index in [1.165, 1.54) is 9.58 Å². The minimum atomic E-state index is 0.0867. The molecule has 0 aliphatic rings. The Hall–Kier alpha value is -1.59. The monoisotopic (exact) mass is 304 g/mol. The van der Waals surface area contributed by atoms with E-state index in [1.54, 1.807) is 27.6 Å². The van der Waals surface area contributed by atoms with E-state index in [0.717, 1.165) is 17.8 Å². The number of hydrogen-bond acceptors (Lipinski definition) is 3. The van der Waals surface area contributed by atoms with E-state index in [9.17, 15) is 4.79 Å². The Kier molecular flexibility index (Phi) is 3.63. The normalized spacial score (nSPS) is 11.1. The second-order valence-electron chi connectivity index (χ2n) is 4.68. The van der Waals surface area contributed by atoms with Crippen LogP contribution < -0.4 is 0 Å². The maximum absolute atomic E-state index is 12.6. The first-order valence-corrected chi connectivity index (χ1v) is 8.31. The molecule has 3 aromatic rings. The number of thiophene rings is 2. The van der Waals surface area contributed by atoms with Crippen LogP contribution in [-0.4, -0.2) is 22.4 Å². The Bertz CT molecular complexity index is 724. The first-order chi connectivity index (χ1) is 9.70. The Labute approximate surface area is 126 Å². The average molecular weight is 304 g/mol. The van der Waals surface area contributed by atoms with E-state index in [1.807, 2.05) is 24.6 Å². The number of carbonyl (C=O) groups is 1. The topological polar surface area (TPSA) is 25.2 Å². The number of fused-ring (bicyclic) bond motifs is 1. The smallest absolute Gasteiger partial charge is 0.270 e. The summed E-state index contributed by atoms with van der Waals surface area (Å²) in [7, 11) is 1.86. The van der Waals surface area contributed by atoms with Crippen molar-refractivity contribution in [2.75, 3.05) is 7.05 Å². The van der Waals surface area contributed by atoms with E-state index in [2.05, 4.69) is 29.0 Å². The van der Waals surface area contributed by atoms with E-state index in [4.69, 9.17) is 0 Å². The largest absolute Gasteiger partial charge is 0.336 e. The van der Waals surface area contributed by atoms with Gasteiger partial charge in [0.25, 0.3) is 5.91 Å². The molecule has 3 heterocycles. The molecule has 5 heteroatoms. The van der Waals surface area contributed by atoms with Crippen molar-refractivity contribution in [3.8, 4) is 0 Å². The van der Waals surface area contributed by atoms with Gasteiger partial charge in [-0.2, -0.15) is 0 Å². The summed E-state index contributed by atoms with van der Waals surface area (Å²) < 4.78 is 3.28. The lowest BCUT2D eigenvalue weighted by atomic mass is 10.3. The third kappa shape index (κ3) is 2.27. The van der Waals surface area contributed by atoms with Crippen molar-refractivity contribution in [3.05, 3.63) is 45.6 Å². The molecular formula is C15H16N2OS2. The van der Waals surface area contributed by atoms with Crippen LogP contribution in [0.1, 0.15) is 22.3 Å². The van der Waals surface area contributed by atoms with Crippen LogP contribution in [0, 0.1) is 0 Å². The molecule has 3 nitrogen and oxygen atoms in total. The van der Waals surface area contributed by atoms with Crippen molar-refractivity contribution < 1.29 is 4.79 Å². The molecule has 0 N–H and O–H groups in total. The minimum Gasteiger partial charge on any atom is -0.336 e. The molecule has 0 spiro atoms. The molecule has 0 radical (unpaired) electrons. The van der Waals surface area contributed by atoms with Crippen LogP contribution in [0.4, 0.5) is 0 Å². The fourth-order valence-corrected chi connectivity index (χ4v) is 3.98. The van der Waals surface area contributed by atoms with Crippen molar-refractivity contribution in [2.24, 2.45) is 0 Å². The van der Waals surface area contributed by atoms with Gasteiger partial charge >= 0.3 is 0 Å². The van der Waals surface area contributed by atoms with Gasteiger partial charge in [0.2, 0.25) is 0 Å². The lowest BCUT2D eigenvalue weighted by Crippen LogP contribution is -2.27. The molecule has 0 aliphatic carbocycles. The maximum Gasteiger partial charge on any atom is 0.270 e. The van der Waals surface area contributed by atoms with Gasteiger partial charge in [0.05, 0.1) is 16.8 Å². The Balaban J connectivity index is 1.89. The molecule has 104 valence electrons. The minimum absolute atomic E-state index is 0.0867. The zero-order chi connectivity index (χ0) is 14.1. The number of rotatable bonds is 4. The zero-order valence-corrected chi connectivity index (χ0v) is 13.1. The SMILES string of the molecule is CCn1c(C(=O)N(C)Cc2cccs2)cc2sccc21. The summed E-state index contributed by atoms with van der Waals surface area (Å²) in [6.07, 6.45) is 0. The molecular weight excluding hydrogens is 288 g/mol. The van der Waals surface area contributed by atoms with Gasteiger partial charge in [-0.3, -0.25) is 4.79 Å². The zero-order valence-electron chi connectivity index (χ0n) is 11.5. The lowest BCUT2D eigenvalue weighted by molar-refractivity contribution is 0.0776. The molecule has 0 bridgehead atoms. The number of aromatic nitrogens is 1. The Morgan fingerprint density at radius 1 is 1.30 bits per heavy atom. The average Bonchev–Trinajstić information content (AvgIpc) is 3.13. The quantitative estimate of drug-likeness (QED) is 0.713. The predicted octanol–water partition coefficient (Wildman–Crippen LogP) is 4.06. The molecule has 0 saturated heterocycles. The van der Waals surface area contributed by atoms with Crippen LogP contribution in [0.15, 0.2) is 35.0 Å². The number of nitrogens with zero attached hydrogens (tertiary/aromatic N) is 2. The standard InChI is InChI=1S/C15H16N2OS2/c1-3-17-12-6-8-20-14(12)9-13(17)15(18)16(2)10-11-5-4-7-19-11/h4-9H,3,10H2,1-2H3. The highest BCUT2D eigenvalue weighted by molar-refractivity contribution is 7.17. The Morgan fingerprint density at radius 3 is 2.85 bits per heavy atom. The highest BCUT2D eigenvalue weighted by atomic mass is 32.1. The van der Waals surface area contributed by atoms with Gasteiger partial charge in [0, 0.05) is 18.5 Å². The first kappa shape index (κ1) is 13.4. The van der Waals surface area contributed by atoms with Gasteiger partial charge in [0.15, 0.2) is 0 Å². The fraction of sp³-hybridized carbons (Fsp3) is 0.267. The molecule has 3 rings (SSSR count). The third-order valence-electron chi connectivity index (χ3n) is 3.38. The molecule has 0 unspecified atom stereocenters. The molecule has 0 aromatic carbocycles. The van der Waals surface area contributed by atoms with Crippen LogP contribution in [0.3, 0.4) is 0 Å². The second kappa shape index (κ2) is 5.42. The van der Waals surface area contributed by atoms with Gasteiger partial charge < -0.3 is 9.47 Å². The van der Waals surface area contributed by atoms with Crippen LogP contribution in [0.5, 0.6) is 0 Å². The van der Waals surface area contributed by atoms with Crippen molar-refractivity contribution in [1.82, 2.24) is 9.47 Å². The van der Waals surface area contributed by atoms with E-state index < -0.39 is 0 Å². The van der Waals surface area contributed by atoms with E-state index in [0.29, 0.717) is 6.54 Å². The molecule has 0 atom stereocenters. The van der Waals surface area contributed by atoms with Gasteiger partial charge in [0.1, 0.15) is 5.69 Å². The summed E-state index contributed by atoms with van der Waals surface area (Å²) in [5, 5.41) is 4.11. The summed E-state index contributed by atoms with van der Waals surface area (Å²) in [5.74, 6) is 0.0867. The number of amides is 1. The summed E-state index contributed by atoms with van der Waals surface area (Å²) in [4.78, 5) is 15.6. The third-order valence-corrected chi connectivity index (χ3v) is 5.09. The van der Waals surface area contributed by atoms with Crippen molar-refractivity contribution in [1.29, 1.82) is 0 Å². The van der Waals surface area contributed by atoms with Crippen molar-refractivity contribution >= 4 is 38.8 Å².